The number of hydrogen-bond donors (Lipinski definition) is 0. The zero-order valence-corrected chi connectivity index (χ0v) is 9.85. The molecule has 0 amide bonds. The lowest BCUT2D eigenvalue weighted by Gasteiger charge is -2.18. The third-order valence-corrected chi connectivity index (χ3v) is 3.17. The summed E-state index contributed by atoms with van der Waals surface area (Å²) in [7, 11) is 0. The van der Waals surface area contributed by atoms with Crippen molar-refractivity contribution in [3.63, 3.8) is 0 Å². The van der Waals surface area contributed by atoms with Gasteiger partial charge in [0.25, 0.3) is 0 Å². The summed E-state index contributed by atoms with van der Waals surface area (Å²) in [5.74, 6) is -0.948. The summed E-state index contributed by atoms with van der Waals surface area (Å²) in [5, 5.41) is 13.1. The first kappa shape index (κ1) is 11.6. The molecule has 2 rings (SSSR count). The van der Waals surface area contributed by atoms with E-state index in [1.54, 1.807) is 0 Å². The SMILES string of the molecule is CCC(CC(=O)[O-])c1cccc2ccccc12. The van der Waals surface area contributed by atoms with Crippen molar-refractivity contribution in [2.24, 2.45) is 0 Å². The highest BCUT2D eigenvalue weighted by Gasteiger charge is 2.12. The van der Waals surface area contributed by atoms with Crippen molar-refractivity contribution < 1.29 is 9.90 Å². The summed E-state index contributed by atoms with van der Waals surface area (Å²) in [6, 6.07) is 14.1. The van der Waals surface area contributed by atoms with Crippen LogP contribution in [0.1, 0.15) is 31.2 Å². The number of hydrogen-bond acceptors (Lipinski definition) is 2. The second kappa shape index (κ2) is 5.00. The van der Waals surface area contributed by atoms with E-state index in [9.17, 15) is 9.90 Å². The smallest absolute Gasteiger partial charge is 0.0420 e. The van der Waals surface area contributed by atoms with Crippen LogP contribution in [0.4, 0.5) is 0 Å². The summed E-state index contributed by atoms with van der Waals surface area (Å²) < 4.78 is 0. The van der Waals surface area contributed by atoms with Gasteiger partial charge in [0.05, 0.1) is 0 Å². The standard InChI is InChI=1S/C15H16O2/c1-2-11(10-15(16)17)13-9-5-7-12-6-3-4-8-14(12)13/h3-9,11H,2,10H2,1H3,(H,16,17)/p-1. The van der Waals surface area contributed by atoms with E-state index in [0.29, 0.717) is 0 Å². The van der Waals surface area contributed by atoms with Crippen LogP contribution in [0.2, 0.25) is 0 Å². The number of aliphatic carboxylic acids is 1. The first-order valence-corrected chi connectivity index (χ1v) is 5.90. The lowest BCUT2D eigenvalue weighted by atomic mass is 9.89. The molecule has 0 saturated carbocycles. The lowest BCUT2D eigenvalue weighted by Crippen LogP contribution is -2.24. The second-order valence-electron chi connectivity index (χ2n) is 4.25. The van der Waals surface area contributed by atoms with Gasteiger partial charge in [-0.15, -0.1) is 0 Å². The molecule has 0 aliphatic heterocycles. The maximum Gasteiger partial charge on any atom is 0.0420 e. The molecule has 0 N–H and O–H groups in total. The fraction of sp³-hybridized carbons (Fsp3) is 0.267. The van der Waals surface area contributed by atoms with Gasteiger partial charge in [-0.25, -0.2) is 0 Å². The molecule has 2 aromatic rings. The minimum Gasteiger partial charge on any atom is -0.550 e. The predicted octanol–water partition coefficient (Wildman–Crippen LogP) is 2.47. The van der Waals surface area contributed by atoms with Gasteiger partial charge in [-0.1, -0.05) is 49.4 Å². The molecule has 17 heavy (non-hydrogen) atoms. The Morgan fingerprint density at radius 3 is 2.59 bits per heavy atom. The quantitative estimate of drug-likeness (QED) is 0.805. The number of fused-ring (bicyclic) bond motifs is 1. The molecule has 1 atom stereocenters. The van der Waals surface area contributed by atoms with Crippen LogP contribution in [0.15, 0.2) is 42.5 Å². The second-order valence-corrected chi connectivity index (χ2v) is 4.25. The van der Waals surface area contributed by atoms with E-state index in [1.165, 1.54) is 0 Å². The number of carbonyl (C=O) groups is 1. The van der Waals surface area contributed by atoms with E-state index >= 15 is 0 Å². The van der Waals surface area contributed by atoms with E-state index < -0.39 is 5.97 Å². The van der Waals surface area contributed by atoms with E-state index in [4.69, 9.17) is 0 Å². The predicted molar refractivity (Wildman–Crippen MR) is 66.6 cm³/mol. The van der Waals surface area contributed by atoms with E-state index in [1.807, 2.05) is 49.4 Å². The summed E-state index contributed by atoms with van der Waals surface area (Å²) in [6.07, 6.45) is 0.895. The van der Waals surface area contributed by atoms with Crippen LogP contribution >= 0.6 is 0 Å². The van der Waals surface area contributed by atoms with Gasteiger partial charge in [-0.2, -0.15) is 0 Å². The molecule has 88 valence electrons. The van der Waals surface area contributed by atoms with Crippen LogP contribution in [0.25, 0.3) is 10.8 Å². The van der Waals surface area contributed by atoms with E-state index in [-0.39, 0.29) is 12.3 Å². The summed E-state index contributed by atoms with van der Waals surface area (Å²) in [5.41, 5.74) is 1.11. The summed E-state index contributed by atoms with van der Waals surface area (Å²) in [6.45, 7) is 2.01. The first-order chi connectivity index (χ1) is 8.22. The van der Waals surface area contributed by atoms with Crippen molar-refractivity contribution >= 4 is 16.7 Å². The Morgan fingerprint density at radius 1 is 1.18 bits per heavy atom. The van der Waals surface area contributed by atoms with Crippen LogP contribution in [0.5, 0.6) is 0 Å². The Hall–Kier alpha value is -1.83. The van der Waals surface area contributed by atoms with Crippen molar-refractivity contribution in [2.75, 3.05) is 0 Å². The molecule has 0 saturated heterocycles. The number of rotatable bonds is 4. The third-order valence-electron chi connectivity index (χ3n) is 3.17. The van der Waals surface area contributed by atoms with Crippen molar-refractivity contribution in [3.8, 4) is 0 Å². The molecule has 0 heterocycles. The van der Waals surface area contributed by atoms with Crippen LogP contribution in [0.3, 0.4) is 0 Å². The lowest BCUT2D eigenvalue weighted by molar-refractivity contribution is -0.306. The molecule has 0 aliphatic rings. The molecule has 0 spiro atoms. The molecule has 0 fully saturated rings. The molecule has 2 aromatic carbocycles. The minimum atomic E-state index is -0.982. The summed E-state index contributed by atoms with van der Waals surface area (Å²) >= 11 is 0. The maximum absolute atomic E-state index is 10.8. The zero-order chi connectivity index (χ0) is 12.3. The number of carbonyl (C=O) groups excluding carboxylic acids is 1. The van der Waals surface area contributed by atoms with E-state index in [2.05, 4.69) is 0 Å². The fourth-order valence-corrected chi connectivity index (χ4v) is 2.28. The minimum absolute atomic E-state index is 0.0334. The van der Waals surface area contributed by atoms with Gasteiger partial charge in [0, 0.05) is 5.97 Å². The third kappa shape index (κ3) is 2.47. The molecule has 0 aromatic heterocycles. The molecule has 0 aliphatic carbocycles. The van der Waals surface area contributed by atoms with Crippen molar-refractivity contribution in [2.45, 2.75) is 25.7 Å². The average Bonchev–Trinajstić information content (AvgIpc) is 2.35. The Labute approximate surface area is 101 Å². The Kier molecular flexibility index (Phi) is 3.43. The van der Waals surface area contributed by atoms with Gasteiger partial charge in [0.2, 0.25) is 0 Å². The van der Waals surface area contributed by atoms with Gasteiger partial charge < -0.3 is 9.90 Å². The van der Waals surface area contributed by atoms with Crippen LogP contribution < -0.4 is 5.11 Å². The van der Waals surface area contributed by atoms with Crippen molar-refractivity contribution in [3.05, 3.63) is 48.0 Å². The fourth-order valence-electron chi connectivity index (χ4n) is 2.28. The van der Waals surface area contributed by atoms with Gasteiger partial charge in [0.1, 0.15) is 0 Å². The molecule has 0 radical (unpaired) electrons. The number of carboxylic acid groups (broad SMARTS) is 1. The zero-order valence-electron chi connectivity index (χ0n) is 9.85. The van der Waals surface area contributed by atoms with Gasteiger partial charge in [0.15, 0.2) is 0 Å². The Balaban J connectivity index is 2.49. The summed E-state index contributed by atoms with van der Waals surface area (Å²) in [4.78, 5) is 10.8. The molecule has 2 heteroatoms. The van der Waals surface area contributed by atoms with E-state index in [0.717, 1.165) is 22.8 Å². The molecular weight excluding hydrogens is 212 g/mol. The largest absolute Gasteiger partial charge is 0.550 e. The van der Waals surface area contributed by atoms with Crippen LogP contribution in [-0.2, 0) is 4.79 Å². The van der Waals surface area contributed by atoms with Crippen LogP contribution in [0, 0.1) is 0 Å². The molecule has 1 unspecified atom stereocenters. The first-order valence-electron chi connectivity index (χ1n) is 5.90. The highest BCUT2D eigenvalue weighted by molar-refractivity contribution is 5.86. The monoisotopic (exact) mass is 227 g/mol. The van der Waals surface area contributed by atoms with Gasteiger partial charge in [-0.05, 0) is 35.1 Å². The molecule has 0 bridgehead atoms. The number of benzene rings is 2. The molecular formula is C15H15O2-. The topological polar surface area (TPSA) is 40.1 Å². The van der Waals surface area contributed by atoms with Crippen molar-refractivity contribution in [1.29, 1.82) is 0 Å². The number of carboxylic acids is 1. The van der Waals surface area contributed by atoms with Gasteiger partial charge >= 0.3 is 0 Å². The van der Waals surface area contributed by atoms with Crippen LogP contribution in [-0.4, -0.2) is 5.97 Å². The maximum atomic E-state index is 10.8. The van der Waals surface area contributed by atoms with Crippen molar-refractivity contribution in [1.82, 2.24) is 0 Å². The normalized spacial score (nSPS) is 12.5. The molecule has 2 nitrogen and oxygen atoms in total. The van der Waals surface area contributed by atoms with Gasteiger partial charge in [-0.3, -0.25) is 0 Å². The Bertz CT molecular complexity index is 526. The average molecular weight is 227 g/mol. The Morgan fingerprint density at radius 2 is 1.88 bits per heavy atom. The highest BCUT2D eigenvalue weighted by Crippen LogP contribution is 2.29. The highest BCUT2D eigenvalue weighted by atomic mass is 16.4.